The average Bonchev–Trinajstić information content (AvgIpc) is 2.43. The Morgan fingerprint density at radius 2 is 1.95 bits per heavy atom. The number of benzene rings is 1. The predicted molar refractivity (Wildman–Crippen MR) is 67.7 cm³/mol. The minimum absolute atomic E-state index is 0.144. The molecule has 1 aromatic carbocycles. The Morgan fingerprint density at radius 1 is 1.33 bits per heavy atom. The van der Waals surface area contributed by atoms with E-state index >= 15 is 0 Å². The molecule has 0 fully saturated rings. The first-order chi connectivity index (χ1) is 9.72. The van der Waals surface area contributed by atoms with E-state index in [9.17, 15) is 22.0 Å². The Kier molecular flexibility index (Phi) is 5.44. The van der Waals surface area contributed by atoms with Gasteiger partial charge in [0.2, 0.25) is 10.0 Å². The van der Waals surface area contributed by atoms with Crippen molar-refractivity contribution in [3.8, 4) is 11.5 Å². The lowest BCUT2D eigenvalue weighted by Crippen LogP contribution is -2.28. The lowest BCUT2D eigenvalue weighted by Gasteiger charge is -2.13. The molecule has 0 heterocycles. The lowest BCUT2D eigenvalue weighted by atomic mass is 10.2. The van der Waals surface area contributed by atoms with Crippen LogP contribution in [0.15, 0.2) is 17.0 Å². The van der Waals surface area contributed by atoms with Crippen molar-refractivity contribution in [1.82, 2.24) is 4.72 Å². The van der Waals surface area contributed by atoms with E-state index in [1.54, 1.807) is 4.72 Å². The predicted octanol–water partition coefficient (Wildman–Crippen LogP) is 0.945. The Balaban J connectivity index is 3.38. The van der Waals surface area contributed by atoms with Gasteiger partial charge in [-0.2, -0.15) is 0 Å². The van der Waals surface area contributed by atoms with Gasteiger partial charge in [-0.3, -0.25) is 0 Å². The second-order valence-electron chi connectivity index (χ2n) is 3.75. The second kappa shape index (κ2) is 6.68. The fraction of sp³-hybridized carbons (Fsp3) is 0.364. The quantitative estimate of drug-likeness (QED) is 0.774. The number of alkyl halides is 2. The summed E-state index contributed by atoms with van der Waals surface area (Å²) in [7, 11) is -1.92. The number of nitrogens with one attached hydrogen (secondary N) is 1. The fourth-order valence-corrected chi connectivity index (χ4v) is 2.56. The van der Waals surface area contributed by atoms with Crippen molar-refractivity contribution < 1.29 is 36.6 Å². The van der Waals surface area contributed by atoms with Gasteiger partial charge in [0.15, 0.2) is 11.5 Å². The molecule has 0 aliphatic heterocycles. The van der Waals surface area contributed by atoms with Crippen molar-refractivity contribution in [3.05, 3.63) is 17.7 Å². The number of carbonyl (C=O) groups is 1. The van der Waals surface area contributed by atoms with Gasteiger partial charge in [0.05, 0.1) is 25.7 Å². The molecule has 0 spiro atoms. The number of carboxylic acid groups (broad SMARTS) is 1. The average molecular weight is 325 g/mol. The zero-order valence-corrected chi connectivity index (χ0v) is 11.9. The first-order valence-corrected chi connectivity index (χ1v) is 6.98. The molecule has 10 heteroatoms. The highest BCUT2D eigenvalue weighted by Crippen LogP contribution is 2.34. The van der Waals surface area contributed by atoms with Gasteiger partial charge in [-0.25, -0.2) is 26.7 Å². The highest BCUT2D eigenvalue weighted by atomic mass is 32.2. The summed E-state index contributed by atoms with van der Waals surface area (Å²) in [5.41, 5.74) is -0.464. The van der Waals surface area contributed by atoms with Crippen LogP contribution in [0.25, 0.3) is 0 Å². The summed E-state index contributed by atoms with van der Waals surface area (Å²) in [6.45, 7) is -1.08. The summed E-state index contributed by atoms with van der Waals surface area (Å²) in [6, 6.07) is 1.79. The molecule has 0 atom stereocenters. The van der Waals surface area contributed by atoms with Crippen molar-refractivity contribution in [2.75, 3.05) is 20.8 Å². The van der Waals surface area contributed by atoms with Gasteiger partial charge >= 0.3 is 5.97 Å². The van der Waals surface area contributed by atoms with Crippen LogP contribution in [0.4, 0.5) is 8.78 Å². The molecule has 1 rings (SSSR count). The molecule has 0 aliphatic carbocycles. The van der Waals surface area contributed by atoms with Crippen LogP contribution in [0.1, 0.15) is 10.4 Å². The van der Waals surface area contributed by atoms with Gasteiger partial charge in [-0.15, -0.1) is 0 Å². The molecule has 7 nitrogen and oxygen atoms in total. The minimum atomic E-state index is -4.30. The maximum absolute atomic E-state index is 12.1. The number of carboxylic acids is 1. The lowest BCUT2D eigenvalue weighted by molar-refractivity contribution is 0.0692. The molecule has 118 valence electrons. The number of halogens is 2. The zero-order chi connectivity index (χ0) is 16.2. The van der Waals surface area contributed by atoms with E-state index in [-0.39, 0.29) is 11.5 Å². The van der Waals surface area contributed by atoms with Crippen molar-refractivity contribution in [2.45, 2.75) is 11.3 Å². The molecule has 2 N–H and O–H groups in total. The Hall–Kier alpha value is -1.94. The molecule has 0 unspecified atom stereocenters. The Labute approximate surface area is 119 Å². The van der Waals surface area contributed by atoms with Crippen molar-refractivity contribution >= 4 is 16.0 Å². The van der Waals surface area contributed by atoms with E-state index in [1.807, 2.05) is 0 Å². The van der Waals surface area contributed by atoms with Gasteiger partial charge in [0, 0.05) is 6.07 Å². The first-order valence-electron chi connectivity index (χ1n) is 5.50. The number of methoxy groups -OCH3 is 2. The van der Waals surface area contributed by atoms with Crippen LogP contribution in [0.5, 0.6) is 11.5 Å². The van der Waals surface area contributed by atoms with Crippen molar-refractivity contribution in [2.24, 2.45) is 0 Å². The summed E-state index contributed by atoms with van der Waals surface area (Å²) >= 11 is 0. The molecular formula is C11H13F2NO6S. The van der Waals surface area contributed by atoms with Crippen LogP contribution < -0.4 is 14.2 Å². The summed E-state index contributed by atoms with van der Waals surface area (Å²) < 4.78 is 59.2. The van der Waals surface area contributed by atoms with Gasteiger partial charge in [0.1, 0.15) is 5.56 Å². The van der Waals surface area contributed by atoms with E-state index in [1.165, 1.54) is 14.2 Å². The third-order valence-corrected chi connectivity index (χ3v) is 3.82. The van der Waals surface area contributed by atoms with E-state index in [0.717, 1.165) is 12.1 Å². The van der Waals surface area contributed by atoms with Crippen LogP contribution in [0.2, 0.25) is 0 Å². The van der Waals surface area contributed by atoms with E-state index < -0.39 is 39.4 Å². The zero-order valence-electron chi connectivity index (χ0n) is 11.1. The third kappa shape index (κ3) is 4.02. The van der Waals surface area contributed by atoms with Crippen molar-refractivity contribution in [1.29, 1.82) is 0 Å². The van der Waals surface area contributed by atoms with Crippen LogP contribution in [0.3, 0.4) is 0 Å². The molecule has 0 aromatic heterocycles. The van der Waals surface area contributed by atoms with E-state index in [4.69, 9.17) is 14.6 Å². The summed E-state index contributed by atoms with van der Waals surface area (Å²) in [6.07, 6.45) is -2.88. The number of rotatable bonds is 7. The fourth-order valence-electron chi connectivity index (χ4n) is 1.51. The van der Waals surface area contributed by atoms with E-state index in [2.05, 4.69) is 0 Å². The molecule has 0 aliphatic rings. The highest BCUT2D eigenvalue weighted by molar-refractivity contribution is 7.89. The first kappa shape index (κ1) is 17.1. The van der Waals surface area contributed by atoms with Gasteiger partial charge < -0.3 is 14.6 Å². The minimum Gasteiger partial charge on any atom is -0.493 e. The number of ether oxygens (including phenoxy) is 2. The number of aromatic carboxylic acids is 1. The molecule has 21 heavy (non-hydrogen) atoms. The number of sulfonamides is 1. The van der Waals surface area contributed by atoms with Crippen molar-refractivity contribution in [3.63, 3.8) is 0 Å². The molecule has 0 saturated carbocycles. The topological polar surface area (TPSA) is 102 Å². The molecule has 0 saturated heterocycles. The normalized spacial score (nSPS) is 11.5. The Bertz CT molecular complexity index is 632. The third-order valence-electron chi connectivity index (χ3n) is 2.42. The number of hydrogen-bond donors (Lipinski definition) is 2. The smallest absolute Gasteiger partial charge is 0.339 e. The Morgan fingerprint density at radius 3 is 2.38 bits per heavy atom. The summed E-state index contributed by atoms with van der Waals surface area (Å²) in [4.78, 5) is 10.6. The second-order valence-corrected chi connectivity index (χ2v) is 5.52. The maximum atomic E-state index is 12.1. The van der Waals surface area contributed by atoms with Crippen LogP contribution in [-0.2, 0) is 10.0 Å². The molecule has 0 radical (unpaired) electrons. The van der Waals surface area contributed by atoms with Gasteiger partial charge in [-0.1, -0.05) is 0 Å². The molecule has 0 bridgehead atoms. The highest BCUT2D eigenvalue weighted by Gasteiger charge is 2.24. The SMILES string of the molecule is COc1cc(S(=O)(=O)NCC(F)F)cc(C(=O)O)c1OC. The van der Waals surface area contributed by atoms with Crippen LogP contribution >= 0.6 is 0 Å². The molecular weight excluding hydrogens is 312 g/mol. The van der Waals surface area contributed by atoms with Crippen LogP contribution in [0, 0.1) is 0 Å². The molecule has 0 amide bonds. The maximum Gasteiger partial charge on any atom is 0.339 e. The van der Waals surface area contributed by atoms with Crippen LogP contribution in [-0.4, -0.2) is 46.7 Å². The number of hydrogen-bond acceptors (Lipinski definition) is 5. The summed E-state index contributed by atoms with van der Waals surface area (Å²) in [5.74, 6) is -1.76. The molecule has 1 aromatic rings. The monoisotopic (exact) mass is 325 g/mol. The summed E-state index contributed by atoms with van der Waals surface area (Å²) in [5, 5.41) is 9.05. The van der Waals surface area contributed by atoms with Gasteiger partial charge in [0.25, 0.3) is 6.43 Å². The standard InChI is InChI=1S/C11H13F2NO6S/c1-19-8-4-6(21(17,18)14-5-9(12)13)3-7(11(15)16)10(8)20-2/h3-4,9,14H,5H2,1-2H3,(H,15,16). The van der Waals surface area contributed by atoms with Gasteiger partial charge in [-0.05, 0) is 6.07 Å². The largest absolute Gasteiger partial charge is 0.493 e. The van der Waals surface area contributed by atoms with E-state index in [0.29, 0.717) is 0 Å².